The van der Waals surface area contributed by atoms with Crippen molar-refractivity contribution in [2.45, 2.75) is 39.8 Å². The first-order valence-corrected chi connectivity index (χ1v) is 9.03. The van der Waals surface area contributed by atoms with E-state index in [-0.39, 0.29) is 24.8 Å². The van der Waals surface area contributed by atoms with E-state index in [4.69, 9.17) is 4.74 Å². The lowest BCUT2D eigenvalue weighted by molar-refractivity contribution is -0.138. The predicted octanol–water partition coefficient (Wildman–Crippen LogP) is 1.85. The van der Waals surface area contributed by atoms with Gasteiger partial charge >= 0.3 is 0 Å². The average molecular weight is 362 g/mol. The summed E-state index contributed by atoms with van der Waals surface area (Å²) < 4.78 is 5.01. The Morgan fingerprint density at radius 1 is 1.27 bits per heavy atom. The van der Waals surface area contributed by atoms with Gasteiger partial charge in [0.05, 0.1) is 19.3 Å². The third-order valence-corrected chi connectivity index (χ3v) is 4.60. The molecule has 1 aliphatic heterocycles. The predicted molar refractivity (Wildman–Crippen MR) is 101 cm³/mol. The van der Waals surface area contributed by atoms with Crippen LogP contribution >= 0.6 is 0 Å². The topological polar surface area (TPSA) is 70.1 Å². The van der Waals surface area contributed by atoms with E-state index < -0.39 is 11.5 Å². The molecule has 1 aromatic rings. The van der Waals surface area contributed by atoms with Crippen LogP contribution in [-0.4, -0.2) is 61.2 Å². The summed E-state index contributed by atoms with van der Waals surface area (Å²) in [5.74, 6) is 0.0135. The van der Waals surface area contributed by atoms with Crippen LogP contribution < -0.4 is 4.90 Å². The lowest BCUT2D eigenvalue weighted by Gasteiger charge is -2.34. The molecule has 144 valence electrons. The highest BCUT2D eigenvalue weighted by molar-refractivity contribution is 5.89. The number of Topliss-reactive ketones (excluding diaryl/α,β-unsaturated/α-hetero) is 1. The van der Waals surface area contributed by atoms with Crippen LogP contribution in [0.1, 0.15) is 32.8 Å². The zero-order chi connectivity index (χ0) is 19.3. The molecule has 0 radical (unpaired) electrons. The van der Waals surface area contributed by atoms with Gasteiger partial charge in [0.1, 0.15) is 0 Å². The third kappa shape index (κ3) is 5.29. The second-order valence-electron chi connectivity index (χ2n) is 7.86. The quantitative estimate of drug-likeness (QED) is 0.836. The maximum atomic E-state index is 12.7. The Hall–Kier alpha value is -1.92. The molecule has 0 aromatic heterocycles. The number of carbonyl (C=O) groups excluding carboxylic acids is 2. The van der Waals surface area contributed by atoms with Gasteiger partial charge in [0.15, 0.2) is 5.78 Å². The Labute approximate surface area is 155 Å². The molecule has 0 spiro atoms. The van der Waals surface area contributed by atoms with Crippen LogP contribution in [-0.2, 0) is 20.9 Å². The molecule has 1 atom stereocenters. The summed E-state index contributed by atoms with van der Waals surface area (Å²) in [5, 5.41) is 10.1. The molecular weight excluding hydrogens is 332 g/mol. The van der Waals surface area contributed by atoms with Crippen molar-refractivity contribution in [2.75, 3.05) is 38.3 Å². The van der Waals surface area contributed by atoms with E-state index in [2.05, 4.69) is 0 Å². The van der Waals surface area contributed by atoms with Gasteiger partial charge in [-0.05, 0) is 11.6 Å². The molecule has 1 unspecified atom stereocenters. The highest BCUT2D eigenvalue weighted by atomic mass is 16.5. The molecule has 1 aliphatic rings. The molecule has 6 nitrogen and oxygen atoms in total. The van der Waals surface area contributed by atoms with Gasteiger partial charge in [0, 0.05) is 44.3 Å². The molecule has 26 heavy (non-hydrogen) atoms. The number of rotatable bonds is 6. The van der Waals surface area contributed by atoms with E-state index in [1.54, 1.807) is 12.0 Å². The van der Waals surface area contributed by atoms with E-state index in [1.165, 1.54) is 0 Å². The molecule has 0 saturated carbocycles. The van der Waals surface area contributed by atoms with E-state index in [9.17, 15) is 14.7 Å². The highest BCUT2D eigenvalue weighted by Gasteiger charge is 2.28. The number of para-hydroxylation sites is 1. The minimum atomic E-state index is -0.624. The highest BCUT2D eigenvalue weighted by Crippen LogP contribution is 2.26. The molecule has 1 amide bonds. The number of aliphatic hydroxyl groups excluding tert-OH is 1. The van der Waals surface area contributed by atoms with Crippen molar-refractivity contribution in [3.05, 3.63) is 29.8 Å². The summed E-state index contributed by atoms with van der Waals surface area (Å²) >= 11 is 0. The van der Waals surface area contributed by atoms with E-state index in [0.717, 1.165) is 11.3 Å². The van der Waals surface area contributed by atoms with E-state index >= 15 is 0 Å². The van der Waals surface area contributed by atoms with Gasteiger partial charge in [-0.3, -0.25) is 9.59 Å². The second-order valence-corrected chi connectivity index (χ2v) is 7.86. The summed E-state index contributed by atoms with van der Waals surface area (Å²) in [6.07, 6.45) is -0.313. The van der Waals surface area contributed by atoms with Crippen LogP contribution in [0.4, 0.5) is 5.69 Å². The first kappa shape index (κ1) is 20.4. The SMILES string of the molecule is COCC(O)CN1CCC(=O)N(CC(=O)C(C)(C)C)Cc2ccccc21. The molecular formula is C20H30N2O4. The molecule has 0 fully saturated rings. The fraction of sp³-hybridized carbons (Fsp3) is 0.600. The molecule has 2 rings (SSSR count). The summed E-state index contributed by atoms with van der Waals surface area (Å²) in [6, 6.07) is 7.84. The monoisotopic (exact) mass is 362 g/mol. The van der Waals surface area contributed by atoms with Gasteiger partial charge in [-0.2, -0.15) is 0 Å². The number of methoxy groups -OCH3 is 1. The van der Waals surface area contributed by atoms with Crippen molar-refractivity contribution in [3.63, 3.8) is 0 Å². The number of ketones is 1. The van der Waals surface area contributed by atoms with Crippen LogP contribution in [0, 0.1) is 5.41 Å². The number of hydrogen-bond acceptors (Lipinski definition) is 5. The van der Waals surface area contributed by atoms with Crippen LogP contribution in [0.5, 0.6) is 0 Å². The maximum Gasteiger partial charge on any atom is 0.225 e. The Morgan fingerprint density at radius 3 is 2.62 bits per heavy atom. The zero-order valence-electron chi connectivity index (χ0n) is 16.2. The summed E-state index contributed by atoms with van der Waals surface area (Å²) in [6.45, 7) is 7.29. The number of fused-ring (bicyclic) bond motifs is 1. The van der Waals surface area contributed by atoms with Crippen LogP contribution in [0.15, 0.2) is 24.3 Å². The first-order chi connectivity index (χ1) is 12.2. The largest absolute Gasteiger partial charge is 0.389 e. The summed E-state index contributed by atoms with van der Waals surface area (Å²) in [4.78, 5) is 28.8. The zero-order valence-corrected chi connectivity index (χ0v) is 16.2. The average Bonchev–Trinajstić information content (AvgIpc) is 2.56. The Balaban J connectivity index is 2.23. The molecule has 0 aliphatic carbocycles. The number of ether oxygens (including phenoxy) is 1. The number of hydrogen-bond donors (Lipinski definition) is 1. The van der Waals surface area contributed by atoms with Crippen molar-refractivity contribution >= 4 is 17.4 Å². The minimum Gasteiger partial charge on any atom is -0.389 e. The van der Waals surface area contributed by atoms with Gasteiger partial charge in [0.25, 0.3) is 0 Å². The molecule has 1 aromatic carbocycles. The maximum absolute atomic E-state index is 12.7. The van der Waals surface area contributed by atoms with Crippen molar-refractivity contribution in [2.24, 2.45) is 5.41 Å². The van der Waals surface area contributed by atoms with E-state index in [0.29, 0.717) is 26.1 Å². The molecule has 1 N–H and O–H groups in total. The molecule has 0 saturated heterocycles. The smallest absolute Gasteiger partial charge is 0.225 e. The number of benzene rings is 1. The normalized spacial score (nSPS) is 16.7. The first-order valence-electron chi connectivity index (χ1n) is 9.03. The Bertz CT molecular complexity index is 639. The molecule has 0 bridgehead atoms. The number of aliphatic hydroxyl groups is 1. The standard InChI is InChI=1S/C20H30N2O4/c1-20(2,3)18(24)13-22-11-15-7-5-6-8-17(15)21(10-9-19(22)25)12-16(23)14-26-4/h5-8,16,23H,9-14H2,1-4H3. The Morgan fingerprint density at radius 2 is 1.96 bits per heavy atom. The lowest BCUT2D eigenvalue weighted by Crippen LogP contribution is -2.44. The van der Waals surface area contributed by atoms with Crippen molar-refractivity contribution < 1.29 is 19.4 Å². The summed E-state index contributed by atoms with van der Waals surface area (Å²) in [5.41, 5.74) is 1.49. The second kappa shape index (κ2) is 8.64. The van der Waals surface area contributed by atoms with Crippen LogP contribution in [0.3, 0.4) is 0 Å². The van der Waals surface area contributed by atoms with Gasteiger partial charge in [-0.25, -0.2) is 0 Å². The minimum absolute atomic E-state index is 0.0386. The fourth-order valence-electron chi connectivity index (χ4n) is 3.00. The van der Waals surface area contributed by atoms with Crippen molar-refractivity contribution in [1.29, 1.82) is 0 Å². The van der Waals surface area contributed by atoms with Gasteiger partial charge in [-0.15, -0.1) is 0 Å². The number of β-amino-alcohol motifs (C(OH)–C–C–N with tert-alkyl or cyclic N) is 1. The summed E-state index contributed by atoms with van der Waals surface area (Å²) in [7, 11) is 1.55. The Kier molecular flexibility index (Phi) is 6.78. The van der Waals surface area contributed by atoms with Crippen molar-refractivity contribution in [3.8, 4) is 0 Å². The van der Waals surface area contributed by atoms with Crippen LogP contribution in [0.2, 0.25) is 0 Å². The molecule has 1 heterocycles. The van der Waals surface area contributed by atoms with Gasteiger partial charge < -0.3 is 19.6 Å². The van der Waals surface area contributed by atoms with Gasteiger partial charge in [0.2, 0.25) is 5.91 Å². The molecule has 6 heteroatoms. The van der Waals surface area contributed by atoms with E-state index in [1.807, 2.05) is 49.9 Å². The number of carbonyl (C=O) groups is 2. The van der Waals surface area contributed by atoms with Crippen LogP contribution in [0.25, 0.3) is 0 Å². The number of nitrogens with zero attached hydrogens (tertiary/aromatic N) is 2. The lowest BCUT2D eigenvalue weighted by atomic mass is 9.90. The fourth-order valence-corrected chi connectivity index (χ4v) is 3.00. The van der Waals surface area contributed by atoms with Crippen molar-refractivity contribution in [1.82, 2.24) is 4.90 Å². The third-order valence-electron chi connectivity index (χ3n) is 4.60. The number of anilines is 1. The number of amides is 1. The van der Waals surface area contributed by atoms with Gasteiger partial charge in [-0.1, -0.05) is 39.0 Å².